The standard InChI is InChI=1S/C11H23NS/c1-11(2,3)9-12-8-10-4-6-13-7-5-10/h10,12H,4-9H2,1-3H3. The Morgan fingerprint density at radius 2 is 1.85 bits per heavy atom. The lowest BCUT2D eigenvalue weighted by Crippen LogP contribution is -2.32. The van der Waals surface area contributed by atoms with Crippen LogP contribution >= 0.6 is 11.8 Å². The van der Waals surface area contributed by atoms with E-state index in [9.17, 15) is 0 Å². The highest BCUT2D eigenvalue weighted by Gasteiger charge is 2.15. The van der Waals surface area contributed by atoms with Gasteiger partial charge in [0.1, 0.15) is 0 Å². The van der Waals surface area contributed by atoms with Crippen LogP contribution < -0.4 is 5.32 Å². The Kier molecular flexibility index (Phi) is 4.60. The smallest absolute Gasteiger partial charge is 0.000000936 e. The average Bonchev–Trinajstić information content (AvgIpc) is 2.04. The van der Waals surface area contributed by atoms with E-state index in [4.69, 9.17) is 0 Å². The van der Waals surface area contributed by atoms with E-state index < -0.39 is 0 Å². The van der Waals surface area contributed by atoms with E-state index >= 15 is 0 Å². The van der Waals surface area contributed by atoms with Crippen LogP contribution in [0.25, 0.3) is 0 Å². The minimum absolute atomic E-state index is 0.434. The molecular formula is C11H23NS. The molecule has 1 aliphatic rings. The van der Waals surface area contributed by atoms with E-state index in [2.05, 4.69) is 37.8 Å². The third-order valence-corrected chi connectivity index (χ3v) is 3.48. The van der Waals surface area contributed by atoms with Crippen LogP contribution in [0.5, 0.6) is 0 Å². The maximum atomic E-state index is 3.59. The zero-order valence-electron chi connectivity index (χ0n) is 9.23. The molecule has 0 aromatic rings. The highest BCUT2D eigenvalue weighted by molar-refractivity contribution is 7.99. The molecule has 0 bridgehead atoms. The second-order valence-electron chi connectivity index (χ2n) is 5.25. The van der Waals surface area contributed by atoms with E-state index in [1.54, 1.807) is 0 Å². The second kappa shape index (κ2) is 5.26. The number of hydrogen-bond acceptors (Lipinski definition) is 2. The van der Waals surface area contributed by atoms with Crippen molar-refractivity contribution >= 4 is 11.8 Å². The normalized spacial score (nSPS) is 20.5. The molecule has 1 saturated heterocycles. The Bertz CT molecular complexity index is 134. The maximum Gasteiger partial charge on any atom is -0.000000936 e. The van der Waals surface area contributed by atoms with E-state index in [-0.39, 0.29) is 0 Å². The van der Waals surface area contributed by atoms with Crippen molar-refractivity contribution in [1.29, 1.82) is 0 Å². The molecule has 1 aliphatic heterocycles. The molecular weight excluding hydrogens is 178 g/mol. The molecule has 0 unspecified atom stereocenters. The van der Waals surface area contributed by atoms with Crippen molar-refractivity contribution in [2.75, 3.05) is 24.6 Å². The summed E-state index contributed by atoms with van der Waals surface area (Å²) in [7, 11) is 0. The van der Waals surface area contributed by atoms with Gasteiger partial charge in [-0.05, 0) is 48.8 Å². The van der Waals surface area contributed by atoms with Gasteiger partial charge in [0.25, 0.3) is 0 Å². The van der Waals surface area contributed by atoms with Gasteiger partial charge in [-0.25, -0.2) is 0 Å². The van der Waals surface area contributed by atoms with Gasteiger partial charge in [-0.15, -0.1) is 0 Å². The van der Waals surface area contributed by atoms with Crippen LogP contribution in [-0.2, 0) is 0 Å². The molecule has 0 spiro atoms. The first-order valence-corrected chi connectivity index (χ1v) is 6.52. The second-order valence-corrected chi connectivity index (χ2v) is 6.47. The van der Waals surface area contributed by atoms with Crippen molar-refractivity contribution < 1.29 is 0 Å². The molecule has 1 rings (SSSR count). The molecule has 2 heteroatoms. The van der Waals surface area contributed by atoms with Crippen LogP contribution in [-0.4, -0.2) is 24.6 Å². The molecule has 78 valence electrons. The lowest BCUT2D eigenvalue weighted by atomic mass is 9.96. The Balaban J connectivity index is 2.04. The Hall–Kier alpha value is 0.310. The lowest BCUT2D eigenvalue weighted by molar-refractivity contribution is 0.351. The molecule has 0 amide bonds. The zero-order valence-corrected chi connectivity index (χ0v) is 10.0. The summed E-state index contributed by atoms with van der Waals surface area (Å²) in [5.74, 6) is 3.70. The number of nitrogens with one attached hydrogen (secondary N) is 1. The molecule has 0 atom stereocenters. The van der Waals surface area contributed by atoms with E-state index in [1.165, 1.54) is 30.9 Å². The molecule has 1 N–H and O–H groups in total. The maximum absolute atomic E-state index is 3.59. The molecule has 13 heavy (non-hydrogen) atoms. The van der Waals surface area contributed by atoms with Gasteiger partial charge in [-0.1, -0.05) is 20.8 Å². The fraction of sp³-hybridized carbons (Fsp3) is 1.00. The van der Waals surface area contributed by atoms with E-state index in [0.29, 0.717) is 5.41 Å². The van der Waals surface area contributed by atoms with Crippen LogP contribution in [0.1, 0.15) is 33.6 Å². The molecule has 0 aromatic heterocycles. The topological polar surface area (TPSA) is 12.0 Å². The fourth-order valence-corrected chi connectivity index (χ4v) is 2.81. The van der Waals surface area contributed by atoms with Gasteiger partial charge >= 0.3 is 0 Å². The summed E-state index contributed by atoms with van der Waals surface area (Å²) in [4.78, 5) is 0. The Morgan fingerprint density at radius 1 is 1.23 bits per heavy atom. The highest BCUT2D eigenvalue weighted by atomic mass is 32.2. The van der Waals surface area contributed by atoms with Crippen LogP contribution in [0.15, 0.2) is 0 Å². The van der Waals surface area contributed by atoms with Crippen molar-refractivity contribution in [2.24, 2.45) is 11.3 Å². The summed E-state index contributed by atoms with van der Waals surface area (Å²) in [6.07, 6.45) is 2.84. The molecule has 0 aliphatic carbocycles. The zero-order chi connectivity index (χ0) is 9.73. The van der Waals surface area contributed by atoms with E-state index in [0.717, 1.165) is 12.5 Å². The third kappa shape index (κ3) is 5.58. The number of thioether (sulfide) groups is 1. The first kappa shape index (κ1) is 11.4. The molecule has 0 saturated carbocycles. The van der Waals surface area contributed by atoms with Gasteiger partial charge in [0, 0.05) is 0 Å². The number of hydrogen-bond donors (Lipinski definition) is 1. The summed E-state index contributed by atoms with van der Waals surface area (Å²) in [5, 5.41) is 3.59. The fourth-order valence-electron chi connectivity index (χ4n) is 1.60. The summed E-state index contributed by atoms with van der Waals surface area (Å²) in [5.41, 5.74) is 0.434. The molecule has 1 fully saturated rings. The van der Waals surface area contributed by atoms with Crippen molar-refractivity contribution in [3.05, 3.63) is 0 Å². The minimum atomic E-state index is 0.434. The Morgan fingerprint density at radius 3 is 2.38 bits per heavy atom. The van der Waals surface area contributed by atoms with Gasteiger partial charge in [0.15, 0.2) is 0 Å². The summed E-state index contributed by atoms with van der Waals surface area (Å²) in [6.45, 7) is 9.25. The average molecular weight is 201 g/mol. The molecule has 0 aromatic carbocycles. The van der Waals surface area contributed by atoms with Crippen LogP contribution in [0.2, 0.25) is 0 Å². The molecule has 1 heterocycles. The lowest BCUT2D eigenvalue weighted by Gasteiger charge is -2.24. The summed E-state index contributed by atoms with van der Waals surface area (Å²) in [6, 6.07) is 0. The van der Waals surface area contributed by atoms with Gasteiger partial charge in [-0.3, -0.25) is 0 Å². The SMILES string of the molecule is CC(C)(C)CNCC1CCSCC1. The van der Waals surface area contributed by atoms with Gasteiger partial charge < -0.3 is 5.32 Å². The van der Waals surface area contributed by atoms with Gasteiger partial charge in [0.2, 0.25) is 0 Å². The summed E-state index contributed by atoms with van der Waals surface area (Å²) >= 11 is 2.11. The quantitative estimate of drug-likeness (QED) is 0.753. The predicted molar refractivity (Wildman–Crippen MR) is 62.4 cm³/mol. The molecule has 1 nitrogen and oxygen atoms in total. The van der Waals surface area contributed by atoms with Crippen molar-refractivity contribution in [3.8, 4) is 0 Å². The predicted octanol–water partition coefficient (Wildman–Crippen LogP) is 2.77. The Labute approximate surface area is 87.1 Å². The van der Waals surface area contributed by atoms with Gasteiger partial charge in [0.05, 0.1) is 0 Å². The van der Waals surface area contributed by atoms with E-state index in [1.807, 2.05) is 0 Å². The van der Waals surface area contributed by atoms with Crippen molar-refractivity contribution in [3.63, 3.8) is 0 Å². The monoisotopic (exact) mass is 201 g/mol. The van der Waals surface area contributed by atoms with Crippen LogP contribution in [0.3, 0.4) is 0 Å². The van der Waals surface area contributed by atoms with Crippen molar-refractivity contribution in [1.82, 2.24) is 5.32 Å². The third-order valence-electron chi connectivity index (χ3n) is 2.43. The van der Waals surface area contributed by atoms with Crippen LogP contribution in [0.4, 0.5) is 0 Å². The summed E-state index contributed by atoms with van der Waals surface area (Å²) < 4.78 is 0. The molecule has 0 radical (unpaired) electrons. The first-order chi connectivity index (χ1) is 6.08. The van der Waals surface area contributed by atoms with Crippen LogP contribution in [0, 0.1) is 11.3 Å². The first-order valence-electron chi connectivity index (χ1n) is 5.36. The minimum Gasteiger partial charge on any atom is -0.316 e. The van der Waals surface area contributed by atoms with Gasteiger partial charge in [-0.2, -0.15) is 11.8 Å². The van der Waals surface area contributed by atoms with Crippen molar-refractivity contribution in [2.45, 2.75) is 33.6 Å². The number of rotatable bonds is 3. The highest BCUT2D eigenvalue weighted by Crippen LogP contribution is 2.22. The largest absolute Gasteiger partial charge is 0.316 e.